The van der Waals surface area contributed by atoms with E-state index in [1.165, 1.54) is 0 Å². The van der Waals surface area contributed by atoms with E-state index in [2.05, 4.69) is 6.92 Å². The Hall–Kier alpha value is 0.140. The van der Waals surface area contributed by atoms with Gasteiger partial charge in [-0.2, -0.15) is 8.78 Å². The molecule has 8 heavy (non-hydrogen) atoms. The second kappa shape index (κ2) is 3.22. The Labute approximate surface area is 50.5 Å². The Bertz CT molecular complexity index is 64.3. The summed E-state index contributed by atoms with van der Waals surface area (Å²) in [6, 6.07) is 0. The summed E-state index contributed by atoms with van der Waals surface area (Å²) in [5, 5.41) is -3.22. The van der Waals surface area contributed by atoms with E-state index >= 15 is 0 Å². The summed E-state index contributed by atoms with van der Waals surface area (Å²) in [6.45, 7) is 1.53. The molecule has 0 aromatic carbocycles. The molecule has 0 aliphatic heterocycles. The molecule has 0 aromatic rings. The Morgan fingerprint density at radius 1 is 1.50 bits per heavy atom. The highest BCUT2D eigenvalue weighted by molar-refractivity contribution is 8.00. The van der Waals surface area contributed by atoms with Crippen LogP contribution in [-0.4, -0.2) is 17.7 Å². The van der Waals surface area contributed by atoms with Crippen molar-refractivity contribution in [1.82, 2.24) is 0 Å². The summed E-state index contributed by atoms with van der Waals surface area (Å²) in [5.41, 5.74) is 0. The van der Waals surface area contributed by atoms with Crippen LogP contribution in [-0.2, 0) is 0 Å². The molecule has 0 saturated carbocycles. The summed E-state index contributed by atoms with van der Waals surface area (Å²) in [7, 11) is 0. The third-order valence-corrected chi connectivity index (χ3v) is 1.20. The van der Waals surface area contributed by atoms with Crippen LogP contribution in [0.1, 0.15) is 0 Å². The van der Waals surface area contributed by atoms with Gasteiger partial charge in [-0.1, -0.05) is 11.8 Å². The van der Waals surface area contributed by atoms with Crippen LogP contribution >= 0.6 is 11.8 Å². The lowest BCUT2D eigenvalue weighted by molar-refractivity contribution is 0.0743. The lowest BCUT2D eigenvalue weighted by Crippen LogP contribution is -2.12. The predicted molar refractivity (Wildman–Crippen MR) is 28.7 cm³/mol. The van der Waals surface area contributed by atoms with Gasteiger partial charge in [0.25, 0.3) is 0 Å². The third kappa shape index (κ3) is 3.18. The molecule has 1 radical (unpaired) electrons. The van der Waals surface area contributed by atoms with E-state index in [-0.39, 0.29) is 17.5 Å². The van der Waals surface area contributed by atoms with Crippen LogP contribution in [0, 0.1) is 6.92 Å². The van der Waals surface area contributed by atoms with Gasteiger partial charge in [-0.25, -0.2) is 4.39 Å². The van der Waals surface area contributed by atoms with Crippen LogP contribution in [0.3, 0.4) is 0 Å². The number of hydrogen-bond acceptors (Lipinski definition) is 1. The van der Waals surface area contributed by atoms with Crippen molar-refractivity contribution in [3.8, 4) is 0 Å². The fraction of sp³-hybridized carbons (Fsp3) is 0.750. The van der Waals surface area contributed by atoms with Gasteiger partial charge in [0.05, 0.1) is 0 Å². The van der Waals surface area contributed by atoms with Gasteiger partial charge in [0.15, 0.2) is 6.67 Å². The molecule has 0 bridgehead atoms. The molecule has 0 N–H and O–H groups in total. The molecule has 0 aliphatic rings. The van der Waals surface area contributed by atoms with E-state index in [0.717, 1.165) is 0 Å². The molecule has 0 heterocycles. The monoisotopic (exact) mass is 143 g/mol. The minimum atomic E-state index is -3.22. The lowest BCUT2D eigenvalue weighted by atomic mass is 10.8. The van der Waals surface area contributed by atoms with Crippen LogP contribution in [0.2, 0.25) is 0 Å². The van der Waals surface area contributed by atoms with Crippen molar-refractivity contribution in [2.75, 3.05) is 12.4 Å². The minimum Gasteiger partial charge on any atom is -0.243 e. The Morgan fingerprint density at radius 2 is 2.00 bits per heavy atom. The quantitative estimate of drug-likeness (QED) is 0.583. The highest BCUT2D eigenvalue weighted by Crippen LogP contribution is 2.28. The van der Waals surface area contributed by atoms with Crippen LogP contribution < -0.4 is 0 Å². The molecule has 0 spiro atoms. The first-order valence-electron chi connectivity index (χ1n) is 1.99. The van der Waals surface area contributed by atoms with E-state index in [0.29, 0.717) is 0 Å². The van der Waals surface area contributed by atoms with Crippen molar-refractivity contribution in [2.24, 2.45) is 0 Å². The molecule has 0 rings (SSSR count). The molecule has 4 heteroatoms. The average Bonchev–Trinajstić information content (AvgIpc) is 1.67. The van der Waals surface area contributed by atoms with Gasteiger partial charge < -0.3 is 0 Å². The van der Waals surface area contributed by atoms with E-state index in [1.807, 2.05) is 0 Å². The van der Waals surface area contributed by atoms with E-state index < -0.39 is 11.9 Å². The minimum absolute atomic E-state index is 0.00306. The second-order valence-electron chi connectivity index (χ2n) is 1.12. The molecule has 0 atom stereocenters. The van der Waals surface area contributed by atoms with Gasteiger partial charge in [0.2, 0.25) is 0 Å². The van der Waals surface area contributed by atoms with Crippen molar-refractivity contribution >= 4 is 11.8 Å². The first-order chi connectivity index (χ1) is 3.62. The fourth-order valence-electron chi connectivity index (χ4n) is 0.188. The summed E-state index contributed by atoms with van der Waals surface area (Å²) in [5.74, 6) is -0.00306. The third-order valence-electron chi connectivity index (χ3n) is 0.469. The maximum atomic E-state index is 11.7. The fourth-order valence-corrected chi connectivity index (χ4v) is 0.564. The second-order valence-corrected chi connectivity index (χ2v) is 2.41. The highest BCUT2D eigenvalue weighted by atomic mass is 32.2. The van der Waals surface area contributed by atoms with Gasteiger partial charge in [-0.3, -0.25) is 0 Å². The molecule has 0 fully saturated rings. The zero-order chi connectivity index (χ0) is 6.62. The zero-order valence-corrected chi connectivity index (χ0v) is 4.98. The number of thioether (sulfide) groups is 1. The molecule has 49 valence electrons. The van der Waals surface area contributed by atoms with Gasteiger partial charge in [-0.15, -0.1) is 0 Å². The van der Waals surface area contributed by atoms with Crippen molar-refractivity contribution in [3.05, 3.63) is 6.92 Å². The summed E-state index contributed by atoms with van der Waals surface area (Å²) in [6.07, 6.45) is 0. The first-order valence-corrected chi connectivity index (χ1v) is 2.98. The topological polar surface area (TPSA) is 0 Å². The molecule has 0 amide bonds. The van der Waals surface area contributed by atoms with Gasteiger partial charge in [-0.05, 0) is 12.7 Å². The molecule has 0 aromatic heterocycles. The maximum Gasteiger partial charge on any atom is 0.321 e. The lowest BCUT2D eigenvalue weighted by Gasteiger charge is -2.07. The van der Waals surface area contributed by atoms with E-state index in [9.17, 15) is 13.2 Å². The summed E-state index contributed by atoms with van der Waals surface area (Å²) < 4.78 is 34.6. The van der Waals surface area contributed by atoms with Crippen molar-refractivity contribution in [3.63, 3.8) is 0 Å². The van der Waals surface area contributed by atoms with Crippen LogP contribution in [0.5, 0.6) is 0 Å². The number of hydrogen-bond donors (Lipinski definition) is 0. The number of halogens is 3. The average molecular weight is 143 g/mol. The zero-order valence-electron chi connectivity index (χ0n) is 4.16. The predicted octanol–water partition coefficient (Wildman–Crippen LogP) is 2.12. The van der Waals surface area contributed by atoms with Crippen LogP contribution in [0.25, 0.3) is 0 Å². The van der Waals surface area contributed by atoms with Crippen LogP contribution in [0.15, 0.2) is 0 Å². The number of alkyl halides is 3. The molecule has 0 nitrogen and oxygen atoms in total. The largest absolute Gasteiger partial charge is 0.321 e. The van der Waals surface area contributed by atoms with Gasteiger partial charge in [0, 0.05) is 0 Å². The van der Waals surface area contributed by atoms with Crippen molar-refractivity contribution in [2.45, 2.75) is 5.25 Å². The van der Waals surface area contributed by atoms with E-state index in [4.69, 9.17) is 0 Å². The first kappa shape index (κ1) is 8.14. The van der Waals surface area contributed by atoms with Crippen molar-refractivity contribution in [1.29, 1.82) is 0 Å². The SMILES string of the molecule is [CH2]CSC(F)(F)CF. The summed E-state index contributed by atoms with van der Waals surface area (Å²) in [4.78, 5) is 0. The van der Waals surface area contributed by atoms with Crippen molar-refractivity contribution < 1.29 is 13.2 Å². The standard InChI is InChI=1S/C4H6F3S/c1-2-8-4(6,7)3-5/h1-3H2. The van der Waals surface area contributed by atoms with Crippen LogP contribution in [0.4, 0.5) is 13.2 Å². The Kier molecular flexibility index (Phi) is 3.28. The summed E-state index contributed by atoms with van der Waals surface area (Å²) >= 11 is 0.214. The number of rotatable bonds is 3. The smallest absolute Gasteiger partial charge is 0.243 e. The molecule has 0 unspecified atom stereocenters. The highest BCUT2D eigenvalue weighted by Gasteiger charge is 2.27. The Morgan fingerprint density at radius 3 is 2.12 bits per heavy atom. The molecule has 0 aliphatic carbocycles. The maximum absolute atomic E-state index is 11.7. The normalized spacial score (nSPS) is 12.0. The van der Waals surface area contributed by atoms with E-state index in [1.54, 1.807) is 0 Å². The Balaban J connectivity index is 3.37. The molecular formula is C4H6F3S. The van der Waals surface area contributed by atoms with Gasteiger partial charge in [0.1, 0.15) is 0 Å². The molecule has 0 saturated heterocycles. The molecular weight excluding hydrogens is 137 g/mol. The van der Waals surface area contributed by atoms with Gasteiger partial charge >= 0.3 is 5.25 Å².